The maximum absolute atomic E-state index is 13.3. The number of hydrogen-bond acceptors (Lipinski definition) is 4. The molecule has 1 aliphatic heterocycles. The number of benzene rings is 1. The number of piperidine rings is 1. The van der Waals surface area contributed by atoms with Crippen LogP contribution >= 0.6 is 11.6 Å². The van der Waals surface area contributed by atoms with Crippen LogP contribution in [0.5, 0.6) is 0 Å². The molecule has 1 aliphatic rings. The van der Waals surface area contributed by atoms with Crippen molar-refractivity contribution in [3.63, 3.8) is 0 Å². The van der Waals surface area contributed by atoms with Crippen molar-refractivity contribution in [1.82, 2.24) is 10.2 Å². The van der Waals surface area contributed by atoms with Crippen molar-refractivity contribution >= 4 is 23.6 Å². The third kappa shape index (κ3) is 5.46. The zero-order chi connectivity index (χ0) is 22.9. The van der Waals surface area contributed by atoms with Crippen molar-refractivity contribution in [2.24, 2.45) is 17.1 Å². The average molecular weight is 438 g/mol. The average Bonchev–Trinajstić information content (AvgIpc) is 2.60. The van der Waals surface area contributed by atoms with Gasteiger partial charge in [-0.1, -0.05) is 51.4 Å². The first-order valence-corrected chi connectivity index (χ1v) is 10.9. The van der Waals surface area contributed by atoms with Crippen LogP contribution in [0.3, 0.4) is 0 Å². The smallest absolute Gasteiger partial charge is 0.408 e. The number of carbonyl (C=O) groups excluding carboxylic acids is 2. The summed E-state index contributed by atoms with van der Waals surface area (Å²) in [6.07, 6.45) is 0.0325. The summed E-state index contributed by atoms with van der Waals surface area (Å²) in [5.74, 6) is -0.184. The Kier molecular flexibility index (Phi) is 7.14. The highest BCUT2D eigenvalue weighted by atomic mass is 35.5. The van der Waals surface area contributed by atoms with Crippen LogP contribution in [0.2, 0.25) is 5.02 Å². The lowest BCUT2D eigenvalue weighted by Crippen LogP contribution is -2.63. The number of halogens is 1. The van der Waals surface area contributed by atoms with Crippen molar-refractivity contribution in [1.29, 1.82) is 0 Å². The second-order valence-electron chi connectivity index (χ2n) is 10.2. The first kappa shape index (κ1) is 24.5. The van der Waals surface area contributed by atoms with E-state index in [0.717, 1.165) is 5.56 Å². The quantitative estimate of drug-likeness (QED) is 0.735. The first-order chi connectivity index (χ1) is 13.7. The fraction of sp³-hybridized carbons (Fsp3) is 0.652. The minimum absolute atomic E-state index is 0.0750. The molecule has 2 atom stereocenters. The fourth-order valence-corrected chi connectivity index (χ4v) is 4.09. The van der Waals surface area contributed by atoms with Gasteiger partial charge in [-0.2, -0.15) is 0 Å². The van der Waals surface area contributed by atoms with Crippen LogP contribution in [0, 0.1) is 11.3 Å². The number of ether oxygens (including phenoxy) is 1. The standard InChI is InChI=1S/C23H36ClN3O3/c1-15(2)18(26-20(29)30-21(3,4)5)19(28)27-13-12-23(25,22(6,7)14-27)16-8-10-17(24)11-9-16/h8-11,15,18H,12-14,25H2,1-7H3,(H,26,29). The van der Waals surface area contributed by atoms with Crippen LogP contribution in [-0.4, -0.2) is 41.6 Å². The van der Waals surface area contributed by atoms with E-state index in [1.165, 1.54) is 0 Å². The third-order valence-electron chi connectivity index (χ3n) is 5.85. The van der Waals surface area contributed by atoms with Gasteiger partial charge in [-0.25, -0.2) is 4.79 Å². The molecule has 3 N–H and O–H groups in total. The zero-order valence-electron chi connectivity index (χ0n) is 19.2. The lowest BCUT2D eigenvalue weighted by Gasteiger charge is -2.52. The molecular formula is C23H36ClN3O3. The molecule has 0 spiro atoms. The molecule has 168 valence electrons. The number of amides is 2. The first-order valence-electron chi connectivity index (χ1n) is 10.5. The lowest BCUT2D eigenvalue weighted by molar-refractivity contribution is -0.140. The molecule has 0 aromatic heterocycles. The van der Waals surface area contributed by atoms with Gasteiger partial charge in [-0.3, -0.25) is 4.79 Å². The summed E-state index contributed by atoms with van der Waals surface area (Å²) >= 11 is 6.04. The maximum atomic E-state index is 13.3. The minimum Gasteiger partial charge on any atom is -0.444 e. The summed E-state index contributed by atoms with van der Waals surface area (Å²) in [4.78, 5) is 27.4. The summed E-state index contributed by atoms with van der Waals surface area (Å²) in [7, 11) is 0. The van der Waals surface area contributed by atoms with Gasteiger partial charge >= 0.3 is 6.09 Å². The molecule has 0 bridgehead atoms. The van der Waals surface area contributed by atoms with Crippen molar-refractivity contribution < 1.29 is 14.3 Å². The van der Waals surface area contributed by atoms with Crippen LogP contribution in [-0.2, 0) is 15.1 Å². The van der Waals surface area contributed by atoms with Crippen LogP contribution in [0.1, 0.15) is 60.5 Å². The molecule has 2 amide bonds. The number of alkyl carbamates (subject to hydrolysis) is 1. The van der Waals surface area contributed by atoms with Crippen molar-refractivity contribution in [2.45, 2.75) is 72.1 Å². The normalized spacial score (nSPS) is 22.5. The second kappa shape index (κ2) is 8.75. The Hall–Kier alpha value is -1.79. The number of nitrogens with one attached hydrogen (secondary N) is 1. The van der Waals surface area contributed by atoms with E-state index in [1.807, 2.05) is 43.0 Å². The van der Waals surface area contributed by atoms with Gasteiger partial charge in [0.05, 0.1) is 0 Å². The molecule has 0 saturated carbocycles. The largest absolute Gasteiger partial charge is 0.444 e. The summed E-state index contributed by atoms with van der Waals surface area (Å²) < 4.78 is 5.35. The molecule has 0 radical (unpaired) electrons. The fourth-order valence-electron chi connectivity index (χ4n) is 3.96. The third-order valence-corrected chi connectivity index (χ3v) is 6.10. The molecule has 0 aliphatic carbocycles. The van der Waals surface area contributed by atoms with Gasteiger partial charge in [0.1, 0.15) is 11.6 Å². The lowest BCUT2D eigenvalue weighted by atomic mass is 9.64. The van der Waals surface area contributed by atoms with Gasteiger partial charge in [0.2, 0.25) is 5.91 Å². The minimum atomic E-state index is -0.656. The monoisotopic (exact) mass is 437 g/mol. The van der Waals surface area contributed by atoms with Gasteiger partial charge < -0.3 is 20.7 Å². The van der Waals surface area contributed by atoms with Gasteiger partial charge in [-0.05, 0) is 50.8 Å². The number of nitrogens with two attached hydrogens (primary N) is 1. The summed E-state index contributed by atoms with van der Waals surface area (Å²) in [5.41, 5.74) is 6.31. The molecule has 6 nitrogen and oxygen atoms in total. The Morgan fingerprint density at radius 2 is 1.77 bits per heavy atom. The van der Waals surface area contributed by atoms with Crippen LogP contribution in [0.25, 0.3) is 0 Å². The van der Waals surface area contributed by atoms with Crippen molar-refractivity contribution in [3.8, 4) is 0 Å². The van der Waals surface area contributed by atoms with Crippen molar-refractivity contribution in [3.05, 3.63) is 34.9 Å². The summed E-state index contributed by atoms with van der Waals surface area (Å²) in [5, 5.41) is 3.43. The van der Waals surface area contributed by atoms with E-state index in [9.17, 15) is 9.59 Å². The Morgan fingerprint density at radius 1 is 1.20 bits per heavy atom. The van der Waals surface area contributed by atoms with Crippen LogP contribution in [0.15, 0.2) is 24.3 Å². The van der Waals surface area contributed by atoms with E-state index >= 15 is 0 Å². The number of nitrogens with zero attached hydrogens (tertiary/aromatic N) is 1. The van der Waals surface area contributed by atoms with Gasteiger partial charge in [0.25, 0.3) is 0 Å². The Balaban J connectivity index is 2.17. The van der Waals surface area contributed by atoms with E-state index in [-0.39, 0.29) is 17.2 Å². The molecule has 1 aromatic carbocycles. The molecule has 2 unspecified atom stereocenters. The Morgan fingerprint density at radius 3 is 2.23 bits per heavy atom. The van der Waals surface area contributed by atoms with Crippen LogP contribution in [0.4, 0.5) is 4.79 Å². The number of carbonyl (C=O) groups is 2. The predicted molar refractivity (Wildman–Crippen MR) is 120 cm³/mol. The summed E-state index contributed by atoms with van der Waals surface area (Å²) in [6.45, 7) is 14.4. The molecule has 1 heterocycles. The molecule has 7 heteroatoms. The maximum Gasteiger partial charge on any atom is 0.408 e. The highest BCUT2D eigenvalue weighted by molar-refractivity contribution is 6.30. The zero-order valence-corrected chi connectivity index (χ0v) is 20.0. The predicted octanol–water partition coefficient (Wildman–Crippen LogP) is 4.30. The SMILES string of the molecule is CC(C)C(NC(=O)OC(C)(C)C)C(=O)N1CCC(N)(c2ccc(Cl)cc2)C(C)(C)C1. The summed E-state index contributed by atoms with van der Waals surface area (Å²) in [6, 6.07) is 6.96. The van der Waals surface area contributed by atoms with Crippen LogP contribution < -0.4 is 11.1 Å². The van der Waals surface area contributed by atoms with E-state index in [0.29, 0.717) is 24.5 Å². The molecule has 1 fully saturated rings. The molecule has 1 aromatic rings. The van der Waals surface area contributed by atoms with E-state index in [2.05, 4.69) is 19.2 Å². The molecular weight excluding hydrogens is 402 g/mol. The topological polar surface area (TPSA) is 84.7 Å². The Labute approximate surface area is 185 Å². The highest BCUT2D eigenvalue weighted by Crippen LogP contribution is 2.44. The molecule has 2 rings (SSSR count). The number of likely N-dealkylation sites (tertiary alicyclic amines) is 1. The molecule has 1 saturated heterocycles. The van der Waals surface area contributed by atoms with E-state index < -0.39 is 23.3 Å². The van der Waals surface area contributed by atoms with Gasteiger partial charge in [-0.15, -0.1) is 0 Å². The highest BCUT2D eigenvalue weighted by Gasteiger charge is 2.49. The van der Waals surface area contributed by atoms with E-state index in [1.54, 1.807) is 20.8 Å². The number of rotatable bonds is 4. The van der Waals surface area contributed by atoms with Crippen molar-refractivity contribution in [2.75, 3.05) is 13.1 Å². The number of hydrogen-bond donors (Lipinski definition) is 2. The van der Waals surface area contributed by atoms with Gasteiger partial charge in [0.15, 0.2) is 0 Å². The second-order valence-corrected chi connectivity index (χ2v) is 10.7. The van der Waals surface area contributed by atoms with E-state index in [4.69, 9.17) is 22.1 Å². The molecule has 30 heavy (non-hydrogen) atoms. The Bertz CT molecular complexity index is 771. The van der Waals surface area contributed by atoms with Gasteiger partial charge in [0, 0.05) is 29.1 Å².